The smallest absolute Gasteiger partial charge is 0.151 e. The van der Waals surface area contributed by atoms with Crippen molar-refractivity contribution in [3.05, 3.63) is 40.6 Å². The van der Waals surface area contributed by atoms with E-state index in [1.165, 1.54) is 0 Å². The first-order valence-electron chi connectivity index (χ1n) is 5.78. The van der Waals surface area contributed by atoms with Gasteiger partial charge in [0.1, 0.15) is 5.82 Å². The second-order valence-electron chi connectivity index (χ2n) is 3.86. The number of hydrogen-bond acceptors (Lipinski definition) is 4. The lowest BCUT2D eigenvalue weighted by atomic mass is 10.2. The van der Waals surface area contributed by atoms with E-state index in [1.54, 1.807) is 12.4 Å². The van der Waals surface area contributed by atoms with Gasteiger partial charge in [-0.25, -0.2) is 4.98 Å². The topological polar surface area (TPSA) is 49.8 Å². The van der Waals surface area contributed by atoms with Crippen molar-refractivity contribution in [3.8, 4) is 0 Å². The van der Waals surface area contributed by atoms with Gasteiger partial charge in [-0.15, -0.1) is 0 Å². The van der Waals surface area contributed by atoms with Gasteiger partial charge in [0.2, 0.25) is 0 Å². The van der Waals surface area contributed by atoms with Crippen molar-refractivity contribution in [3.63, 3.8) is 0 Å². The number of rotatable bonds is 4. The van der Waals surface area contributed by atoms with Crippen LogP contribution in [-0.4, -0.2) is 16.5 Å². The summed E-state index contributed by atoms with van der Waals surface area (Å²) in [5.41, 5.74) is 2.17. The Morgan fingerprint density at radius 1 is 1.22 bits per heavy atom. The van der Waals surface area contributed by atoms with E-state index in [0.29, 0.717) is 0 Å². The van der Waals surface area contributed by atoms with Gasteiger partial charge in [-0.1, -0.05) is 22.0 Å². The summed E-state index contributed by atoms with van der Waals surface area (Å²) in [7, 11) is 0. The van der Waals surface area contributed by atoms with Crippen molar-refractivity contribution >= 4 is 33.3 Å². The van der Waals surface area contributed by atoms with Crippen LogP contribution in [0.15, 0.2) is 35.1 Å². The second kappa shape index (κ2) is 5.82. The van der Waals surface area contributed by atoms with Gasteiger partial charge in [0.05, 0.1) is 12.4 Å². The second-order valence-corrected chi connectivity index (χ2v) is 4.71. The van der Waals surface area contributed by atoms with Crippen LogP contribution < -0.4 is 10.6 Å². The van der Waals surface area contributed by atoms with E-state index in [0.717, 1.165) is 33.9 Å². The number of anilines is 3. The lowest BCUT2D eigenvalue weighted by Crippen LogP contribution is -2.03. The fourth-order valence-corrected chi connectivity index (χ4v) is 1.94. The molecule has 0 aliphatic rings. The molecule has 0 aliphatic heterocycles. The minimum Gasteiger partial charge on any atom is -0.369 e. The molecule has 0 bridgehead atoms. The van der Waals surface area contributed by atoms with Crippen molar-refractivity contribution in [1.82, 2.24) is 9.97 Å². The van der Waals surface area contributed by atoms with Crippen LogP contribution in [-0.2, 0) is 0 Å². The summed E-state index contributed by atoms with van der Waals surface area (Å²) >= 11 is 3.51. The van der Waals surface area contributed by atoms with Gasteiger partial charge in [-0.3, -0.25) is 4.98 Å². The van der Waals surface area contributed by atoms with Gasteiger partial charge < -0.3 is 10.6 Å². The van der Waals surface area contributed by atoms with Gasteiger partial charge >= 0.3 is 0 Å². The van der Waals surface area contributed by atoms with Crippen LogP contribution in [0.2, 0.25) is 0 Å². The molecule has 2 rings (SSSR count). The van der Waals surface area contributed by atoms with Crippen LogP contribution in [0.5, 0.6) is 0 Å². The average Bonchev–Trinajstić information content (AvgIpc) is 2.36. The molecule has 5 heteroatoms. The van der Waals surface area contributed by atoms with E-state index in [2.05, 4.69) is 36.5 Å². The van der Waals surface area contributed by atoms with E-state index in [4.69, 9.17) is 0 Å². The molecular formula is C13H15BrN4. The molecular weight excluding hydrogens is 292 g/mol. The number of benzene rings is 1. The Bertz CT molecular complexity index is 542. The monoisotopic (exact) mass is 306 g/mol. The molecule has 0 atom stereocenters. The Hall–Kier alpha value is -1.62. The van der Waals surface area contributed by atoms with Crippen LogP contribution in [0, 0.1) is 6.92 Å². The van der Waals surface area contributed by atoms with E-state index in [9.17, 15) is 0 Å². The molecule has 1 heterocycles. The van der Waals surface area contributed by atoms with Crippen LogP contribution in [0.4, 0.5) is 17.3 Å². The van der Waals surface area contributed by atoms with Crippen LogP contribution >= 0.6 is 15.9 Å². The minimum atomic E-state index is 0.731. The summed E-state index contributed by atoms with van der Waals surface area (Å²) in [6, 6.07) is 6.02. The molecule has 0 radical (unpaired) electrons. The van der Waals surface area contributed by atoms with Gasteiger partial charge in [-0.05, 0) is 31.5 Å². The van der Waals surface area contributed by atoms with E-state index < -0.39 is 0 Å². The minimum absolute atomic E-state index is 0.731. The zero-order chi connectivity index (χ0) is 13.0. The number of halogens is 1. The molecule has 2 aromatic rings. The Balaban J connectivity index is 2.23. The molecule has 0 aliphatic carbocycles. The molecule has 0 saturated heterocycles. The molecule has 0 saturated carbocycles. The maximum absolute atomic E-state index is 4.43. The molecule has 0 spiro atoms. The van der Waals surface area contributed by atoms with Crippen LogP contribution in [0.25, 0.3) is 0 Å². The van der Waals surface area contributed by atoms with Crippen molar-refractivity contribution < 1.29 is 0 Å². The summed E-state index contributed by atoms with van der Waals surface area (Å²) < 4.78 is 1.07. The molecule has 1 aromatic carbocycles. The molecule has 1 aromatic heterocycles. The molecule has 94 valence electrons. The molecule has 18 heavy (non-hydrogen) atoms. The number of hydrogen-bond donors (Lipinski definition) is 2. The highest BCUT2D eigenvalue weighted by atomic mass is 79.9. The first-order chi connectivity index (χ1) is 8.70. The predicted octanol–water partition coefficient (Wildman–Crippen LogP) is 3.72. The molecule has 4 nitrogen and oxygen atoms in total. The number of nitrogens with zero attached hydrogens (tertiary/aromatic N) is 2. The summed E-state index contributed by atoms with van der Waals surface area (Å²) in [6.07, 6.45) is 3.42. The van der Waals surface area contributed by atoms with Crippen LogP contribution in [0.3, 0.4) is 0 Å². The highest BCUT2D eigenvalue weighted by Gasteiger charge is 2.03. The predicted molar refractivity (Wildman–Crippen MR) is 78.4 cm³/mol. The summed E-state index contributed by atoms with van der Waals surface area (Å²) in [5, 5.41) is 6.41. The Kier molecular flexibility index (Phi) is 4.15. The number of aromatic nitrogens is 2. The SMILES string of the molecule is CCNc1cncc(Nc2cccc(Br)c2C)n1. The molecule has 0 fully saturated rings. The van der Waals surface area contributed by atoms with E-state index >= 15 is 0 Å². The van der Waals surface area contributed by atoms with E-state index in [1.807, 2.05) is 32.0 Å². The Morgan fingerprint density at radius 2 is 2.00 bits per heavy atom. The Morgan fingerprint density at radius 3 is 2.78 bits per heavy atom. The maximum atomic E-state index is 4.43. The third-order valence-electron chi connectivity index (χ3n) is 2.52. The Labute approximate surface area is 115 Å². The number of nitrogens with one attached hydrogen (secondary N) is 2. The van der Waals surface area contributed by atoms with Crippen molar-refractivity contribution in [1.29, 1.82) is 0 Å². The van der Waals surface area contributed by atoms with Crippen molar-refractivity contribution in [2.24, 2.45) is 0 Å². The normalized spacial score (nSPS) is 10.2. The largest absolute Gasteiger partial charge is 0.369 e. The zero-order valence-electron chi connectivity index (χ0n) is 10.4. The quantitative estimate of drug-likeness (QED) is 0.904. The highest BCUT2D eigenvalue weighted by molar-refractivity contribution is 9.10. The lowest BCUT2D eigenvalue weighted by Gasteiger charge is -2.10. The van der Waals surface area contributed by atoms with Crippen molar-refractivity contribution in [2.75, 3.05) is 17.2 Å². The summed E-state index contributed by atoms with van der Waals surface area (Å²) in [4.78, 5) is 8.58. The summed E-state index contributed by atoms with van der Waals surface area (Å²) in [5.74, 6) is 1.50. The third-order valence-corrected chi connectivity index (χ3v) is 3.38. The fraction of sp³-hybridized carbons (Fsp3) is 0.231. The highest BCUT2D eigenvalue weighted by Crippen LogP contribution is 2.25. The van der Waals surface area contributed by atoms with Gasteiger partial charge in [-0.2, -0.15) is 0 Å². The van der Waals surface area contributed by atoms with E-state index in [-0.39, 0.29) is 0 Å². The summed E-state index contributed by atoms with van der Waals surface area (Å²) in [6.45, 7) is 4.91. The third kappa shape index (κ3) is 2.98. The average molecular weight is 307 g/mol. The first-order valence-corrected chi connectivity index (χ1v) is 6.58. The van der Waals surface area contributed by atoms with Gasteiger partial charge in [0, 0.05) is 16.7 Å². The molecule has 2 N–H and O–H groups in total. The standard InChI is InChI=1S/C13H15BrN4/c1-3-16-12-7-15-8-13(18-12)17-11-6-4-5-10(14)9(11)2/h4-8H,3H2,1-2H3,(H2,16,17,18). The first kappa shape index (κ1) is 12.8. The van der Waals surface area contributed by atoms with Crippen molar-refractivity contribution in [2.45, 2.75) is 13.8 Å². The lowest BCUT2D eigenvalue weighted by molar-refractivity contribution is 1.12. The molecule has 0 amide bonds. The molecule has 0 unspecified atom stereocenters. The zero-order valence-corrected chi connectivity index (χ0v) is 12.0. The fourth-order valence-electron chi connectivity index (χ4n) is 1.57. The van der Waals surface area contributed by atoms with Gasteiger partial charge in [0.25, 0.3) is 0 Å². The maximum Gasteiger partial charge on any atom is 0.151 e. The van der Waals surface area contributed by atoms with Crippen LogP contribution in [0.1, 0.15) is 12.5 Å². The van der Waals surface area contributed by atoms with Gasteiger partial charge in [0.15, 0.2) is 5.82 Å².